The Kier molecular flexibility index (Phi) is 5.61. The summed E-state index contributed by atoms with van der Waals surface area (Å²) in [5, 5.41) is 0. The van der Waals surface area contributed by atoms with E-state index in [-0.39, 0.29) is 11.8 Å². The quantitative estimate of drug-likeness (QED) is 0.588. The molecule has 1 unspecified atom stereocenters. The van der Waals surface area contributed by atoms with Crippen LogP contribution in [0.15, 0.2) is 11.8 Å². The average molecular weight is 378 g/mol. The monoisotopic (exact) mass is 378 g/mol. The molecule has 0 aliphatic carbocycles. The minimum absolute atomic E-state index is 0.0972. The highest BCUT2D eigenvalue weighted by Crippen LogP contribution is 2.27. The first kappa shape index (κ1) is 19.5. The fourth-order valence-corrected chi connectivity index (χ4v) is 3.84. The van der Waals surface area contributed by atoms with E-state index >= 15 is 0 Å². The number of carbonyl (C=O) groups is 3. The molecule has 3 aliphatic rings. The molecule has 4 amide bonds. The number of hydrogen-bond acceptors (Lipinski definition) is 5. The van der Waals surface area contributed by atoms with Crippen molar-refractivity contribution in [3.8, 4) is 0 Å². The maximum Gasteiger partial charge on any atom is 0.417 e. The summed E-state index contributed by atoms with van der Waals surface area (Å²) in [5.74, 6) is -0.490. The molecule has 0 bridgehead atoms. The van der Waals surface area contributed by atoms with E-state index < -0.39 is 11.9 Å². The molecule has 3 rings (SSSR count). The number of amidine groups is 1. The molecular weight excluding hydrogens is 350 g/mol. The zero-order valence-corrected chi connectivity index (χ0v) is 16.5. The van der Waals surface area contributed by atoms with Gasteiger partial charge in [-0.15, -0.1) is 0 Å². The smallest absolute Gasteiger partial charge is 0.381 e. The lowest BCUT2D eigenvalue weighted by Gasteiger charge is -2.34. The lowest BCUT2D eigenvalue weighted by molar-refractivity contribution is -0.477. The summed E-state index contributed by atoms with van der Waals surface area (Å²) in [6.07, 6.45) is 1.70. The van der Waals surface area contributed by atoms with E-state index in [1.165, 1.54) is 11.9 Å². The van der Waals surface area contributed by atoms with Gasteiger partial charge < -0.3 is 14.5 Å². The van der Waals surface area contributed by atoms with Crippen molar-refractivity contribution in [3.05, 3.63) is 11.8 Å². The van der Waals surface area contributed by atoms with Crippen LogP contribution >= 0.6 is 0 Å². The molecule has 1 atom stereocenters. The van der Waals surface area contributed by atoms with Crippen LogP contribution in [0.4, 0.5) is 4.79 Å². The Hall–Kier alpha value is -2.26. The number of hydrogen-bond donors (Lipinski definition) is 0. The number of likely N-dealkylation sites (N-methyl/N-ethyl adjacent to an activating group) is 1. The van der Waals surface area contributed by atoms with Gasteiger partial charge in [0.1, 0.15) is 6.54 Å². The van der Waals surface area contributed by atoms with Crippen molar-refractivity contribution < 1.29 is 23.7 Å². The van der Waals surface area contributed by atoms with E-state index in [1.807, 2.05) is 4.90 Å². The Morgan fingerprint density at radius 3 is 2.44 bits per heavy atom. The minimum atomic E-state index is -0.620. The standard InChI is InChI=1S/C18H28N5O4/c1-5-21-6-8-22(9-7-21)17(25)14-12-13-15(23(14)10-11-27-4)19(2)18(26)20(3)16(13)24/h12-13H,5-11H2,1-4H3/q+1. The van der Waals surface area contributed by atoms with E-state index in [0.717, 1.165) is 24.5 Å². The summed E-state index contributed by atoms with van der Waals surface area (Å²) in [6, 6.07) is -0.396. The lowest BCUT2D eigenvalue weighted by Crippen LogP contribution is -2.57. The summed E-state index contributed by atoms with van der Waals surface area (Å²) < 4.78 is 6.95. The van der Waals surface area contributed by atoms with E-state index in [2.05, 4.69) is 11.8 Å². The van der Waals surface area contributed by atoms with Crippen molar-refractivity contribution in [2.45, 2.75) is 6.92 Å². The predicted octanol–water partition coefficient (Wildman–Crippen LogP) is -0.755. The molecule has 2 fully saturated rings. The number of urea groups is 1. The van der Waals surface area contributed by atoms with Gasteiger partial charge in [0.25, 0.3) is 17.6 Å². The number of imide groups is 1. The molecule has 27 heavy (non-hydrogen) atoms. The molecule has 0 aromatic carbocycles. The minimum Gasteiger partial charge on any atom is -0.381 e. The Labute approximate surface area is 159 Å². The molecule has 0 saturated carbocycles. The van der Waals surface area contributed by atoms with Gasteiger partial charge in [0.2, 0.25) is 0 Å². The molecule has 148 valence electrons. The number of carbonyl (C=O) groups excluding carboxylic acids is 3. The number of rotatable bonds is 5. The summed E-state index contributed by atoms with van der Waals surface area (Å²) in [5.41, 5.74) is 0.459. The second-order valence-electron chi connectivity index (χ2n) is 7.00. The zero-order valence-electron chi connectivity index (χ0n) is 16.5. The predicted molar refractivity (Wildman–Crippen MR) is 98.2 cm³/mol. The summed E-state index contributed by atoms with van der Waals surface area (Å²) in [6.45, 7) is 6.87. The van der Waals surface area contributed by atoms with Gasteiger partial charge in [0.15, 0.2) is 11.6 Å². The number of methoxy groups -OCH3 is 1. The SMILES string of the molecule is CCN1CCN(C(=O)C2=CC3C(=O)N(C)C(=O)N(C)C3=[N+]2CCOC)CC1. The summed E-state index contributed by atoms with van der Waals surface area (Å²) in [7, 11) is 4.69. The van der Waals surface area contributed by atoms with Gasteiger partial charge in [0.05, 0.1) is 13.7 Å². The molecule has 2 saturated heterocycles. The van der Waals surface area contributed by atoms with Crippen LogP contribution in [0.1, 0.15) is 6.92 Å². The fourth-order valence-electron chi connectivity index (χ4n) is 3.84. The van der Waals surface area contributed by atoms with Crippen molar-refractivity contribution in [3.63, 3.8) is 0 Å². The Bertz CT molecular complexity index is 709. The fraction of sp³-hybridized carbons (Fsp3) is 0.667. The van der Waals surface area contributed by atoms with Crippen LogP contribution in [0.25, 0.3) is 0 Å². The van der Waals surface area contributed by atoms with Crippen molar-refractivity contribution in [1.82, 2.24) is 19.6 Å². The van der Waals surface area contributed by atoms with Crippen molar-refractivity contribution in [1.29, 1.82) is 0 Å². The lowest BCUT2D eigenvalue weighted by atomic mass is 10.0. The summed E-state index contributed by atoms with van der Waals surface area (Å²) >= 11 is 0. The number of piperazine rings is 1. The van der Waals surface area contributed by atoms with Crippen molar-refractivity contribution in [2.24, 2.45) is 5.92 Å². The van der Waals surface area contributed by atoms with Crippen LogP contribution in [-0.4, -0.2) is 115 Å². The molecule has 0 spiro atoms. The number of amides is 4. The molecule has 9 nitrogen and oxygen atoms in total. The van der Waals surface area contributed by atoms with Crippen LogP contribution in [0, 0.1) is 5.92 Å². The van der Waals surface area contributed by atoms with Crippen LogP contribution in [0.3, 0.4) is 0 Å². The Morgan fingerprint density at radius 1 is 1.19 bits per heavy atom. The molecule has 0 radical (unpaired) electrons. The van der Waals surface area contributed by atoms with Crippen LogP contribution in [-0.2, 0) is 14.3 Å². The molecule has 3 aliphatic heterocycles. The zero-order chi connectivity index (χ0) is 19.7. The van der Waals surface area contributed by atoms with E-state index in [1.54, 1.807) is 24.8 Å². The number of fused-ring (bicyclic) bond motifs is 1. The van der Waals surface area contributed by atoms with Gasteiger partial charge in [-0.3, -0.25) is 9.59 Å². The molecule has 0 N–H and O–H groups in total. The Morgan fingerprint density at radius 2 is 1.85 bits per heavy atom. The van der Waals surface area contributed by atoms with Gasteiger partial charge in [-0.25, -0.2) is 14.3 Å². The first-order chi connectivity index (χ1) is 12.9. The second kappa shape index (κ2) is 7.77. The molecule has 3 heterocycles. The second-order valence-corrected chi connectivity index (χ2v) is 7.00. The van der Waals surface area contributed by atoms with E-state index in [4.69, 9.17) is 4.74 Å². The van der Waals surface area contributed by atoms with Crippen LogP contribution in [0.5, 0.6) is 0 Å². The Balaban J connectivity index is 1.91. The highest BCUT2D eigenvalue weighted by molar-refractivity contribution is 6.19. The third kappa shape index (κ3) is 3.37. The van der Waals surface area contributed by atoms with E-state index in [9.17, 15) is 14.4 Å². The highest BCUT2D eigenvalue weighted by Gasteiger charge is 2.52. The van der Waals surface area contributed by atoms with Crippen LogP contribution < -0.4 is 0 Å². The maximum absolute atomic E-state index is 13.2. The van der Waals surface area contributed by atoms with Gasteiger partial charge in [-0.2, -0.15) is 4.90 Å². The maximum atomic E-state index is 13.2. The largest absolute Gasteiger partial charge is 0.417 e. The number of ether oxygens (including phenoxy) is 1. The molecule has 0 aromatic rings. The normalized spacial score (nSPS) is 23.9. The van der Waals surface area contributed by atoms with E-state index in [0.29, 0.717) is 37.8 Å². The van der Waals surface area contributed by atoms with Gasteiger partial charge in [-0.05, 0) is 12.6 Å². The first-order valence-electron chi connectivity index (χ1n) is 9.32. The third-order valence-electron chi connectivity index (χ3n) is 5.53. The van der Waals surface area contributed by atoms with Crippen LogP contribution in [0.2, 0.25) is 0 Å². The molecular formula is C18H28N5O4+. The average Bonchev–Trinajstić information content (AvgIpc) is 3.08. The first-order valence-corrected chi connectivity index (χ1v) is 9.32. The van der Waals surface area contributed by atoms with Crippen molar-refractivity contribution in [2.75, 3.05) is 67.1 Å². The van der Waals surface area contributed by atoms with Gasteiger partial charge >= 0.3 is 6.03 Å². The topological polar surface area (TPSA) is 76.4 Å². The van der Waals surface area contributed by atoms with Crippen molar-refractivity contribution >= 4 is 23.7 Å². The molecule has 0 aromatic heterocycles. The third-order valence-corrected chi connectivity index (χ3v) is 5.53. The highest BCUT2D eigenvalue weighted by atomic mass is 16.5. The van der Waals surface area contributed by atoms with Gasteiger partial charge in [-0.1, -0.05) is 6.92 Å². The summed E-state index contributed by atoms with van der Waals surface area (Å²) in [4.78, 5) is 44.9. The molecule has 9 heteroatoms. The number of nitrogens with zero attached hydrogens (tertiary/aromatic N) is 5. The van der Waals surface area contributed by atoms with Gasteiger partial charge in [0, 0.05) is 40.3 Å².